The number of nitrogens with one attached hydrogen (secondary N) is 1. The van der Waals surface area contributed by atoms with Crippen LogP contribution in [-0.4, -0.2) is 25.6 Å². The zero-order chi connectivity index (χ0) is 24.3. The van der Waals surface area contributed by atoms with Crippen molar-refractivity contribution in [2.75, 3.05) is 19.0 Å². The average molecular weight is 524 g/mol. The first-order valence-electron chi connectivity index (χ1n) is 10.8. The van der Waals surface area contributed by atoms with Crippen LogP contribution < -0.4 is 14.8 Å². The van der Waals surface area contributed by atoms with E-state index in [-0.39, 0.29) is 11.9 Å². The van der Waals surface area contributed by atoms with Crippen LogP contribution in [0.1, 0.15) is 34.8 Å². The van der Waals surface area contributed by atoms with Crippen molar-refractivity contribution in [3.63, 3.8) is 0 Å². The molecule has 0 aliphatic rings. The van der Waals surface area contributed by atoms with Crippen molar-refractivity contribution in [3.05, 3.63) is 94.0 Å². The molecule has 0 atom stereocenters. The Hall–Kier alpha value is -3.58. The molecule has 34 heavy (non-hydrogen) atoms. The SMILES string of the molecule is CCCOC(=O)c1ccc(NC(=O)C=Cc2cc(Br)c(OCc3ccccc3)c(OC)c2)cc1. The Bertz CT molecular complexity index is 1140. The molecule has 0 aromatic heterocycles. The predicted octanol–water partition coefficient (Wildman–Crippen LogP) is 6.26. The van der Waals surface area contributed by atoms with Gasteiger partial charge in [-0.3, -0.25) is 4.79 Å². The first-order valence-corrected chi connectivity index (χ1v) is 11.6. The predicted molar refractivity (Wildman–Crippen MR) is 136 cm³/mol. The lowest BCUT2D eigenvalue weighted by molar-refractivity contribution is -0.111. The summed E-state index contributed by atoms with van der Waals surface area (Å²) in [7, 11) is 1.57. The maximum atomic E-state index is 12.4. The number of hydrogen-bond donors (Lipinski definition) is 1. The van der Waals surface area contributed by atoms with Gasteiger partial charge in [0.2, 0.25) is 5.91 Å². The molecule has 3 aromatic rings. The number of halogens is 1. The highest BCUT2D eigenvalue weighted by Gasteiger charge is 2.12. The van der Waals surface area contributed by atoms with Crippen molar-refractivity contribution in [2.45, 2.75) is 20.0 Å². The number of methoxy groups -OCH3 is 1. The third kappa shape index (κ3) is 7.22. The van der Waals surface area contributed by atoms with Gasteiger partial charge in [-0.2, -0.15) is 0 Å². The molecule has 0 radical (unpaired) electrons. The summed E-state index contributed by atoms with van der Waals surface area (Å²) in [6.45, 7) is 2.72. The summed E-state index contributed by atoms with van der Waals surface area (Å²) in [6, 6.07) is 20.1. The van der Waals surface area contributed by atoms with E-state index in [0.717, 1.165) is 17.5 Å². The largest absolute Gasteiger partial charge is 0.493 e. The number of hydrogen-bond acceptors (Lipinski definition) is 5. The number of carbonyl (C=O) groups excluding carboxylic acids is 2. The summed E-state index contributed by atoms with van der Waals surface area (Å²) in [5.74, 6) is 0.456. The Morgan fingerprint density at radius 3 is 2.44 bits per heavy atom. The molecule has 0 heterocycles. The lowest BCUT2D eigenvalue weighted by Gasteiger charge is -2.13. The minimum absolute atomic E-state index is 0.305. The van der Waals surface area contributed by atoms with Gasteiger partial charge in [0.15, 0.2) is 11.5 Å². The molecule has 6 nitrogen and oxygen atoms in total. The molecule has 1 amide bonds. The van der Waals surface area contributed by atoms with Crippen molar-refractivity contribution in [2.24, 2.45) is 0 Å². The zero-order valence-corrected chi connectivity index (χ0v) is 20.6. The van der Waals surface area contributed by atoms with E-state index in [1.165, 1.54) is 6.08 Å². The minimum Gasteiger partial charge on any atom is -0.493 e. The molecule has 0 bridgehead atoms. The lowest BCUT2D eigenvalue weighted by Crippen LogP contribution is -2.09. The summed E-state index contributed by atoms with van der Waals surface area (Å²) in [6.07, 6.45) is 3.87. The van der Waals surface area contributed by atoms with Gasteiger partial charge in [0, 0.05) is 11.8 Å². The Morgan fingerprint density at radius 1 is 1.03 bits per heavy atom. The zero-order valence-electron chi connectivity index (χ0n) is 19.0. The van der Waals surface area contributed by atoms with Crippen LogP contribution in [0.25, 0.3) is 6.08 Å². The van der Waals surface area contributed by atoms with Crippen LogP contribution in [0.3, 0.4) is 0 Å². The van der Waals surface area contributed by atoms with E-state index in [0.29, 0.717) is 40.4 Å². The minimum atomic E-state index is -0.379. The highest BCUT2D eigenvalue weighted by atomic mass is 79.9. The van der Waals surface area contributed by atoms with Gasteiger partial charge in [-0.1, -0.05) is 37.3 Å². The molecule has 0 aliphatic carbocycles. The van der Waals surface area contributed by atoms with Gasteiger partial charge in [-0.15, -0.1) is 0 Å². The number of benzene rings is 3. The number of carbonyl (C=O) groups is 2. The maximum Gasteiger partial charge on any atom is 0.338 e. The van der Waals surface area contributed by atoms with Crippen LogP contribution in [-0.2, 0) is 16.1 Å². The van der Waals surface area contributed by atoms with Crippen molar-refractivity contribution in [1.29, 1.82) is 0 Å². The van der Waals surface area contributed by atoms with Crippen LogP contribution in [0.4, 0.5) is 5.69 Å². The van der Waals surface area contributed by atoms with Gasteiger partial charge >= 0.3 is 5.97 Å². The van der Waals surface area contributed by atoms with Gasteiger partial charge in [-0.05, 0) is 76.0 Å². The van der Waals surface area contributed by atoms with Crippen molar-refractivity contribution in [1.82, 2.24) is 0 Å². The second-order valence-corrected chi connectivity index (χ2v) is 8.20. The number of rotatable bonds is 10. The van der Waals surface area contributed by atoms with Gasteiger partial charge in [-0.25, -0.2) is 4.79 Å². The van der Waals surface area contributed by atoms with Gasteiger partial charge in [0.05, 0.1) is 23.8 Å². The quantitative estimate of drug-likeness (QED) is 0.251. The normalized spacial score (nSPS) is 10.7. The highest BCUT2D eigenvalue weighted by molar-refractivity contribution is 9.10. The van der Waals surface area contributed by atoms with E-state index in [9.17, 15) is 9.59 Å². The highest BCUT2D eigenvalue weighted by Crippen LogP contribution is 2.37. The monoisotopic (exact) mass is 523 g/mol. The van der Waals surface area contributed by atoms with E-state index >= 15 is 0 Å². The summed E-state index contributed by atoms with van der Waals surface area (Å²) in [4.78, 5) is 24.2. The number of ether oxygens (including phenoxy) is 3. The maximum absolute atomic E-state index is 12.4. The fraction of sp³-hybridized carbons (Fsp3) is 0.185. The van der Waals surface area contributed by atoms with E-state index < -0.39 is 0 Å². The smallest absolute Gasteiger partial charge is 0.338 e. The Kier molecular flexibility index (Phi) is 9.29. The number of esters is 1. The van der Waals surface area contributed by atoms with Crippen LogP contribution in [0.5, 0.6) is 11.5 Å². The third-order valence-electron chi connectivity index (χ3n) is 4.73. The molecule has 7 heteroatoms. The molecule has 0 fully saturated rings. The molecule has 1 N–H and O–H groups in total. The second-order valence-electron chi connectivity index (χ2n) is 7.34. The third-order valence-corrected chi connectivity index (χ3v) is 5.32. The van der Waals surface area contributed by atoms with E-state index in [4.69, 9.17) is 14.2 Å². The number of amides is 1. The summed E-state index contributed by atoms with van der Waals surface area (Å²) in [5, 5.41) is 2.77. The molecular weight excluding hydrogens is 498 g/mol. The average Bonchev–Trinajstić information content (AvgIpc) is 2.86. The fourth-order valence-electron chi connectivity index (χ4n) is 3.03. The van der Waals surface area contributed by atoms with Crippen LogP contribution in [0, 0.1) is 0 Å². The van der Waals surface area contributed by atoms with E-state index in [1.807, 2.05) is 43.3 Å². The Labute approximate surface area is 207 Å². The molecule has 0 aliphatic heterocycles. The summed E-state index contributed by atoms with van der Waals surface area (Å²) < 4.78 is 17.2. The standard InChI is InChI=1S/C27H26BrNO5/c1-3-15-33-27(31)21-10-12-22(13-11-21)29-25(30)14-9-20-16-23(28)26(24(17-20)32-2)34-18-19-7-5-4-6-8-19/h4-14,16-17H,3,15,18H2,1-2H3,(H,29,30). The van der Waals surface area contributed by atoms with Gasteiger partial charge < -0.3 is 19.5 Å². The fourth-order valence-corrected chi connectivity index (χ4v) is 3.60. The van der Waals surface area contributed by atoms with Crippen molar-refractivity contribution >= 4 is 39.6 Å². The van der Waals surface area contributed by atoms with Crippen molar-refractivity contribution in [3.8, 4) is 11.5 Å². The number of anilines is 1. The van der Waals surface area contributed by atoms with Gasteiger partial charge in [0.1, 0.15) is 6.61 Å². The molecule has 3 rings (SSSR count). The lowest BCUT2D eigenvalue weighted by atomic mass is 10.1. The van der Waals surface area contributed by atoms with Crippen LogP contribution in [0.2, 0.25) is 0 Å². The Morgan fingerprint density at radius 2 is 1.76 bits per heavy atom. The van der Waals surface area contributed by atoms with Crippen LogP contribution in [0.15, 0.2) is 77.3 Å². The topological polar surface area (TPSA) is 73.9 Å². The molecule has 0 unspecified atom stereocenters. The van der Waals surface area contributed by atoms with E-state index in [1.54, 1.807) is 43.5 Å². The molecule has 176 valence electrons. The summed E-state index contributed by atoms with van der Waals surface area (Å²) >= 11 is 3.53. The Balaban J connectivity index is 1.62. The molecule has 0 saturated heterocycles. The summed E-state index contributed by atoms with van der Waals surface area (Å²) in [5.41, 5.74) is 2.82. The molecule has 0 spiro atoms. The molecule has 0 saturated carbocycles. The first kappa shape index (κ1) is 25.1. The van der Waals surface area contributed by atoms with Gasteiger partial charge in [0.25, 0.3) is 0 Å². The van der Waals surface area contributed by atoms with E-state index in [2.05, 4.69) is 21.2 Å². The molecular formula is C27H26BrNO5. The van der Waals surface area contributed by atoms with Crippen LogP contribution >= 0.6 is 15.9 Å². The first-order chi connectivity index (χ1) is 16.5. The second kappa shape index (κ2) is 12.6. The molecule has 3 aromatic carbocycles. The van der Waals surface area contributed by atoms with Crippen molar-refractivity contribution < 1.29 is 23.8 Å².